The number of aliphatic carboxylic acids is 1. The van der Waals surface area contributed by atoms with Gasteiger partial charge in [0.15, 0.2) is 0 Å². The highest BCUT2D eigenvalue weighted by Crippen LogP contribution is 2.44. The van der Waals surface area contributed by atoms with Gasteiger partial charge in [-0.25, -0.2) is 9.59 Å². The Kier molecular flexibility index (Phi) is 6.40. The summed E-state index contributed by atoms with van der Waals surface area (Å²) in [5.74, 6) is -1.47. The van der Waals surface area contributed by atoms with E-state index in [0.717, 1.165) is 35.1 Å². The molecule has 33 heavy (non-hydrogen) atoms. The maximum Gasteiger partial charge on any atom is 0.407 e. The summed E-state index contributed by atoms with van der Waals surface area (Å²) in [6.45, 7) is 1.93. The van der Waals surface area contributed by atoms with E-state index in [1.807, 2.05) is 36.4 Å². The number of hydrogen-bond donors (Lipinski definition) is 2. The molecule has 2 amide bonds. The second kappa shape index (κ2) is 9.25. The molecule has 0 heterocycles. The summed E-state index contributed by atoms with van der Waals surface area (Å²) in [6.07, 6.45) is 2.03. The minimum absolute atomic E-state index is 0.0737. The topological polar surface area (TPSA) is 95.9 Å². The van der Waals surface area contributed by atoms with Crippen LogP contribution >= 0.6 is 0 Å². The number of benzene rings is 2. The van der Waals surface area contributed by atoms with Crippen molar-refractivity contribution in [3.63, 3.8) is 0 Å². The van der Waals surface area contributed by atoms with E-state index < -0.39 is 29.6 Å². The van der Waals surface area contributed by atoms with Crippen LogP contribution in [0.4, 0.5) is 4.79 Å². The molecule has 7 nitrogen and oxygen atoms in total. The lowest BCUT2D eigenvalue weighted by Crippen LogP contribution is -2.58. The van der Waals surface area contributed by atoms with E-state index in [9.17, 15) is 19.5 Å². The van der Waals surface area contributed by atoms with Crippen LogP contribution < -0.4 is 5.32 Å². The first kappa shape index (κ1) is 22.8. The summed E-state index contributed by atoms with van der Waals surface area (Å²) in [4.78, 5) is 39.0. The third-order valence-corrected chi connectivity index (χ3v) is 7.14. The highest BCUT2D eigenvalue weighted by molar-refractivity contribution is 5.91. The molecular formula is C26H30N2O5. The molecule has 2 aromatic carbocycles. The molecule has 0 spiro atoms. The normalized spacial score (nSPS) is 17.0. The molecule has 1 fully saturated rings. The molecule has 0 saturated heterocycles. The number of carbonyl (C=O) groups excluding carboxylic acids is 2. The van der Waals surface area contributed by atoms with Crippen molar-refractivity contribution >= 4 is 18.0 Å². The van der Waals surface area contributed by atoms with Crippen molar-refractivity contribution < 1.29 is 24.2 Å². The molecule has 2 aromatic rings. The van der Waals surface area contributed by atoms with E-state index in [1.54, 1.807) is 6.92 Å². The first-order chi connectivity index (χ1) is 15.9. The van der Waals surface area contributed by atoms with Crippen molar-refractivity contribution in [3.05, 3.63) is 59.7 Å². The van der Waals surface area contributed by atoms with Crippen LogP contribution in [-0.4, -0.2) is 53.2 Å². The quantitative estimate of drug-likeness (QED) is 0.660. The number of alkyl carbamates (subject to hydrolysis) is 1. The maximum atomic E-state index is 13.1. The predicted molar refractivity (Wildman–Crippen MR) is 124 cm³/mol. The van der Waals surface area contributed by atoms with Crippen molar-refractivity contribution in [1.29, 1.82) is 0 Å². The van der Waals surface area contributed by atoms with E-state index in [2.05, 4.69) is 17.4 Å². The van der Waals surface area contributed by atoms with Crippen LogP contribution in [0.25, 0.3) is 11.1 Å². The average Bonchev–Trinajstić information content (AvgIpc) is 3.45. The van der Waals surface area contributed by atoms with Gasteiger partial charge in [-0.15, -0.1) is 0 Å². The van der Waals surface area contributed by atoms with Gasteiger partial charge in [-0.05, 0) is 41.5 Å². The van der Waals surface area contributed by atoms with Crippen LogP contribution in [-0.2, 0) is 14.3 Å². The summed E-state index contributed by atoms with van der Waals surface area (Å²) in [6, 6.07) is 15.3. The van der Waals surface area contributed by atoms with E-state index in [-0.39, 0.29) is 12.5 Å². The number of nitrogens with one attached hydrogen (secondary N) is 1. The Bertz CT molecular complexity index is 1010. The third kappa shape index (κ3) is 4.08. The minimum atomic E-state index is -1.20. The molecule has 1 atom stereocenters. The van der Waals surface area contributed by atoms with Crippen molar-refractivity contribution in [3.8, 4) is 11.1 Å². The lowest BCUT2D eigenvalue weighted by molar-refractivity contribution is -0.158. The van der Waals surface area contributed by atoms with Gasteiger partial charge in [0, 0.05) is 13.0 Å². The molecule has 2 aliphatic carbocycles. The standard InChI is InChI=1S/C26H30N2O5/c1-3-22(23(29)28(2)26(24(30)31)14-8-9-15-26)27-25(32)33-16-21-19-12-6-4-10-17(19)18-11-5-7-13-20(18)21/h4-7,10-13,21-22H,3,8-9,14-16H2,1-2H3,(H,27,32)(H,30,31)/t22-/m0/s1. The Labute approximate surface area is 193 Å². The van der Waals surface area contributed by atoms with Gasteiger partial charge in [0.2, 0.25) is 5.91 Å². The van der Waals surface area contributed by atoms with E-state index in [1.165, 1.54) is 11.9 Å². The smallest absolute Gasteiger partial charge is 0.407 e. The van der Waals surface area contributed by atoms with Gasteiger partial charge in [-0.2, -0.15) is 0 Å². The lowest BCUT2D eigenvalue weighted by atomic mass is 9.94. The Morgan fingerprint density at radius 2 is 1.61 bits per heavy atom. The van der Waals surface area contributed by atoms with Gasteiger partial charge in [0.1, 0.15) is 18.2 Å². The number of carboxylic acid groups (broad SMARTS) is 1. The van der Waals surface area contributed by atoms with Gasteiger partial charge in [-0.3, -0.25) is 4.79 Å². The Balaban J connectivity index is 1.42. The molecule has 0 unspecified atom stereocenters. The number of nitrogens with zero attached hydrogens (tertiary/aromatic N) is 1. The highest BCUT2D eigenvalue weighted by Gasteiger charge is 2.48. The monoisotopic (exact) mass is 450 g/mol. The fraction of sp³-hybridized carbons (Fsp3) is 0.423. The van der Waals surface area contributed by atoms with Gasteiger partial charge in [0.05, 0.1) is 0 Å². The molecular weight excluding hydrogens is 420 g/mol. The zero-order valence-electron chi connectivity index (χ0n) is 19.0. The predicted octanol–water partition coefficient (Wildman–Crippen LogP) is 4.16. The summed E-state index contributed by atoms with van der Waals surface area (Å²) >= 11 is 0. The Hall–Kier alpha value is -3.35. The number of likely N-dealkylation sites (N-methyl/N-ethyl adjacent to an activating group) is 1. The molecule has 0 bridgehead atoms. The number of carboxylic acids is 1. The molecule has 4 rings (SSSR count). The Morgan fingerprint density at radius 1 is 1.06 bits per heavy atom. The average molecular weight is 451 g/mol. The number of carbonyl (C=O) groups is 3. The summed E-state index contributed by atoms with van der Waals surface area (Å²) < 4.78 is 5.56. The van der Waals surface area contributed by atoms with Gasteiger partial charge < -0.3 is 20.1 Å². The molecule has 2 N–H and O–H groups in total. The number of hydrogen-bond acceptors (Lipinski definition) is 4. The van der Waals surface area contributed by atoms with Gasteiger partial charge >= 0.3 is 12.1 Å². The largest absolute Gasteiger partial charge is 0.479 e. The molecule has 2 aliphatic rings. The zero-order chi connectivity index (χ0) is 23.6. The Morgan fingerprint density at radius 3 is 2.12 bits per heavy atom. The maximum absolute atomic E-state index is 13.1. The van der Waals surface area contributed by atoms with Crippen LogP contribution in [0.3, 0.4) is 0 Å². The van der Waals surface area contributed by atoms with Crippen LogP contribution in [0.5, 0.6) is 0 Å². The fourth-order valence-electron chi connectivity index (χ4n) is 5.22. The van der Waals surface area contributed by atoms with Crippen LogP contribution in [0, 0.1) is 0 Å². The van der Waals surface area contributed by atoms with Crippen molar-refractivity contribution in [2.45, 2.75) is 56.5 Å². The minimum Gasteiger partial charge on any atom is -0.479 e. The fourth-order valence-corrected chi connectivity index (χ4v) is 5.22. The summed E-state index contributed by atoms with van der Waals surface area (Å²) in [5, 5.41) is 12.4. The number of rotatable bonds is 7. The van der Waals surface area contributed by atoms with Crippen LogP contribution in [0.1, 0.15) is 56.1 Å². The molecule has 1 saturated carbocycles. The van der Waals surface area contributed by atoms with Crippen molar-refractivity contribution in [2.24, 2.45) is 0 Å². The van der Waals surface area contributed by atoms with Gasteiger partial charge in [0.25, 0.3) is 0 Å². The van der Waals surface area contributed by atoms with Gasteiger partial charge in [-0.1, -0.05) is 68.3 Å². The highest BCUT2D eigenvalue weighted by atomic mass is 16.5. The van der Waals surface area contributed by atoms with Crippen LogP contribution in [0.15, 0.2) is 48.5 Å². The molecule has 7 heteroatoms. The first-order valence-corrected chi connectivity index (χ1v) is 11.5. The summed E-state index contributed by atoms with van der Waals surface area (Å²) in [7, 11) is 1.52. The third-order valence-electron chi connectivity index (χ3n) is 7.14. The van der Waals surface area contributed by atoms with E-state index >= 15 is 0 Å². The summed E-state index contributed by atoms with van der Waals surface area (Å²) in [5.41, 5.74) is 3.30. The van der Waals surface area contributed by atoms with Crippen LogP contribution in [0.2, 0.25) is 0 Å². The van der Waals surface area contributed by atoms with Crippen molar-refractivity contribution in [2.75, 3.05) is 13.7 Å². The van der Waals surface area contributed by atoms with E-state index in [4.69, 9.17) is 4.74 Å². The SMILES string of the molecule is CC[C@H](NC(=O)OCC1c2ccccc2-c2ccccc21)C(=O)N(C)C1(C(=O)O)CCCC1. The lowest BCUT2D eigenvalue weighted by Gasteiger charge is -2.36. The number of fused-ring (bicyclic) bond motifs is 3. The van der Waals surface area contributed by atoms with E-state index in [0.29, 0.717) is 19.3 Å². The van der Waals surface area contributed by atoms with Crippen molar-refractivity contribution in [1.82, 2.24) is 10.2 Å². The second-order valence-electron chi connectivity index (χ2n) is 8.87. The zero-order valence-corrected chi connectivity index (χ0v) is 19.0. The molecule has 0 aliphatic heterocycles. The molecule has 0 radical (unpaired) electrons. The second-order valence-corrected chi connectivity index (χ2v) is 8.87. The first-order valence-electron chi connectivity index (χ1n) is 11.5. The molecule has 174 valence electrons. The molecule has 0 aromatic heterocycles. The number of ether oxygens (including phenoxy) is 1. The number of amides is 2.